The average Bonchev–Trinajstić information content (AvgIpc) is 2.79. The standard InChI is InChI=1S/C27H37NO6Si/c1-26(2,3)34-25(31)28-17-23(24(29)30)32-18-20(28)19-33-35(27(4,5)6,21-13-9-7-10-14-21)22-15-11-8-12-16-22/h7-16,20,23H,17-19H2,1-6H3,(H,29,30)/t20?,23-/m0/s1. The van der Waals surface area contributed by atoms with E-state index in [1.807, 2.05) is 36.4 Å². The molecule has 0 spiro atoms. The molecule has 0 aliphatic carbocycles. The summed E-state index contributed by atoms with van der Waals surface area (Å²) in [6.07, 6.45) is -1.67. The molecule has 2 aromatic rings. The SMILES string of the molecule is CC(C)(C)OC(=O)N1C[C@@H](C(=O)O)OCC1CO[Si](c1ccccc1)(c1ccccc1)C(C)(C)C. The Morgan fingerprint density at radius 3 is 1.91 bits per heavy atom. The fourth-order valence-corrected chi connectivity index (χ4v) is 9.11. The van der Waals surface area contributed by atoms with Crippen LogP contribution < -0.4 is 10.4 Å². The molecule has 7 nitrogen and oxygen atoms in total. The summed E-state index contributed by atoms with van der Waals surface area (Å²) in [5.74, 6) is -1.11. The smallest absolute Gasteiger partial charge is 0.410 e. The van der Waals surface area contributed by atoms with Crippen molar-refractivity contribution in [3.63, 3.8) is 0 Å². The quantitative estimate of drug-likeness (QED) is 0.611. The van der Waals surface area contributed by atoms with Crippen LogP contribution in [0, 0.1) is 0 Å². The maximum absolute atomic E-state index is 13.1. The Balaban J connectivity index is 1.98. The number of aliphatic carboxylic acids is 1. The Hall–Kier alpha value is -2.68. The molecular formula is C27H37NO6Si. The second-order valence-electron chi connectivity index (χ2n) is 10.9. The Morgan fingerprint density at radius 2 is 1.49 bits per heavy atom. The molecule has 35 heavy (non-hydrogen) atoms. The van der Waals surface area contributed by atoms with Gasteiger partial charge in [0, 0.05) is 0 Å². The minimum absolute atomic E-state index is 0.0500. The van der Waals surface area contributed by atoms with E-state index in [1.54, 1.807) is 20.8 Å². The fraction of sp³-hybridized carbons (Fsp3) is 0.481. The van der Waals surface area contributed by atoms with Crippen LogP contribution in [0.2, 0.25) is 5.04 Å². The molecule has 1 aliphatic rings. The molecule has 1 heterocycles. The van der Waals surface area contributed by atoms with Gasteiger partial charge in [-0.05, 0) is 36.2 Å². The zero-order valence-corrected chi connectivity index (χ0v) is 22.5. The molecule has 8 heteroatoms. The topological polar surface area (TPSA) is 85.3 Å². The van der Waals surface area contributed by atoms with Gasteiger partial charge in [0.1, 0.15) is 5.60 Å². The minimum atomic E-state index is -2.83. The first-order valence-corrected chi connectivity index (χ1v) is 13.8. The fourth-order valence-electron chi connectivity index (χ4n) is 4.51. The lowest BCUT2D eigenvalue weighted by Gasteiger charge is -2.45. The van der Waals surface area contributed by atoms with E-state index in [4.69, 9.17) is 13.9 Å². The Labute approximate surface area is 209 Å². The lowest BCUT2D eigenvalue weighted by atomic mass is 10.2. The van der Waals surface area contributed by atoms with Crippen LogP contribution in [-0.2, 0) is 18.7 Å². The molecule has 1 N–H and O–H groups in total. The number of hydrogen-bond acceptors (Lipinski definition) is 5. The number of carbonyl (C=O) groups excluding carboxylic acids is 1. The number of ether oxygens (including phenoxy) is 2. The summed E-state index contributed by atoms with van der Waals surface area (Å²) < 4.78 is 18.2. The maximum atomic E-state index is 13.1. The summed E-state index contributed by atoms with van der Waals surface area (Å²) in [6, 6.07) is 20.0. The van der Waals surface area contributed by atoms with E-state index in [1.165, 1.54) is 4.90 Å². The van der Waals surface area contributed by atoms with Gasteiger partial charge in [-0.25, -0.2) is 9.59 Å². The van der Waals surface area contributed by atoms with Gasteiger partial charge in [0.05, 0.1) is 25.8 Å². The second-order valence-corrected chi connectivity index (χ2v) is 15.2. The van der Waals surface area contributed by atoms with Crippen molar-refractivity contribution in [1.82, 2.24) is 4.90 Å². The van der Waals surface area contributed by atoms with E-state index in [9.17, 15) is 14.7 Å². The summed E-state index contributed by atoms with van der Waals surface area (Å²) in [6.45, 7) is 12.1. The molecule has 0 saturated carbocycles. The van der Waals surface area contributed by atoms with Gasteiger partial charge in [-0.2, -0.15) is 0 Å². The molecule has 1 saturated heterocycles. The van der Waals surface area contributed by atoms with E-state index in [2.05, 4.69) is 45.0 Å². The molecule has 0 bridgehead atoms. The van der Waals surface area contributed by atoms with Crippen LogP contribution in [0.25, 0.3) is 0 Å². The highest BCUT2D eigenvalue weighted by atomic mass is 28.4. The monoisotopic (exact) mass is 499 g/mol. The van der Waals surface area contributed by atoms with Gasteiger partial charge in [-0.1, -0.05) is 81.4 Å². The molecule has 1 fully saturated rings. The highest BCUT2D eigenvalue weighted by molar-refractivity contribution is 6.99. The molecule has 0 radical (unpaired) electrons. The molecule has 0 aromatic heterocycles. The van der Waals surface area contributed by atoms with E-state index in [0.717, 1.165) is 10.4 Å². The summed E-state index contributed by atoms with van der Waals surface area (Å²) in [7, 11) is -2.83. The number of carboxylic acids is 1. The van der Waals surface area contributed by atoms with E-state index in [0.29, 0.717) is 0 Å². The number of morpholine rings is 1. The summed E-state index contributed by atoms with van der Waals surface area (Å²) in [4.78, 5) is 26.1. The molecule has 190 valence electrons. The molecule has 1 unspecified atom stereocenters. The highest BCUT2D eigenvalue weighted by Crippen LogP contribution is 2.37. The highest BCUT2D eigenvalue weighted by Gasteiger charge is 2.51. The first kappa shape index (κ1) is 26.9. The molecule has 1 amide bonds. The van der Waals surface area contributed by atoms with E-state index < -0.39 is 38.1 Å². The van der Waals surface area contributed by atoms with Crippen molar-refractivity contribution >= 4 is 30.8 Å². The number of carboxylic acid groups (broad SMARTS) is 1. The van der Waals surface area contributed by atoms with Crippen LogP contribution in [0.1, 0.15) is 41.5 Å². The zero-order valence-electron chi connectivity index (χ0n) is 21.5. The van der Waals surface area contributed by atoms with Gasteiger partial charge in [0.15, 0.2) is 6.10 Å². The van der Waals surface area contributed by atoms with Crippen molar-refractivity contribution in [2.24, 2.45) is 0 Å². The third kappa shape index (κ3) is 6.12. The molecule has 2 atom stereocenters. The largest absolute Gasteiger partial charge is 0.479 e. The van der Waals surface area contributed by atoms with Gasteiger partial charge < -0.3 is 19.0 Å². The predicted molar refractivity (Wildman–Crippen MR) is 138 cm³/mol. The van der Waals surface area contributed by atoms with Gasteiger partial charge >= 0.3 is 12.1 Å². The lowest BCUT2D eigenvalue weighted by Crippen LogP contribution is -2.68. The van der Waals surface area contributed by atoms with Crippen molar-refractivity contribution < 1.29 is 28.6 Å². The summed E-state index contributed by atoms with van der Waals surface area (Å²) >= 11 is 0. The number of amides is 1. The van der Waals surface area contributed by atoms with E-state index in [-0.39, 0.29) is 24.8 Å². The van der Waals surface area contributed by atoms with Crippen molar-refractivity contribution in [1.29, 1.82) is 0 Å². The second kappa shape index (κ2) is 10.5. The maximum Gasteiger partial charge on any atom is 0.410 e. The summed E-state index contributed by atoms with van der Waals surface area (Å²) in [5.41, 5.74) is -0.711. The van der Waals surface area contributed by atoms with E-state index >= 15 is 0 Å². The Bertz CT molecular complexity index is 960. The number of carbonyl (C=O) groups is 2. The Morgan fingerprint density at radius 1 is 0.971 bits per heavy atom. The average molecular weight is 500 g/mol. The summed E-state index contributed by atoms with van der Waals surface area (Å²) in [5, 5.41) is 11.5. The van der Waals surface area contributed by atoms with Gasteiger partial charge in [0.2, 0.25) is 0 Å². The molecular weight excluding hydrogens is 462 g/mol. The van der Waals surface area contributed by atoms with Gasteiger partial charge in [-0.3, -0.25) is 4.90 Å². The van der Waals surface area contributed by atoms with Crippen molar-refractivity contribution in [3.05, 3.63) is 60.7 Å². The van der Waals surface area contributed by atoms with Crippen LogP contribution in [-0.4, -0.2) is 67.9 Å². The normalized spacial score (nSPS) is 19.3. The van der Waals surface area contributed by atoms with Crippen molar-refractivity contribution in [2.75, 3.05) is 19.8 Å². The van der Waals surface area contributed by atoms with Crippen LogP contribution in [0.4, 0.5) is 4.79 Å². The predicted octanol–water partition coefficient (Wildman–Crippen LogP) is 3.65. The van der Waals surface area contributed by atoms with Crippen molar-refractivity contribution in [2.45, 2.75) is 64.3 Å². The number of rotatable bonds is 6. The van der Waals surface area contributed by atoms with Crippen LogP contribution in [0.3, 0.4) is 0 Å². The zero-order chi connectivity index (χ0) is 25.9. The Kier molecular flexibility index (Phi) is 8.09. The van der Waals surface area contributed by atoms with Crippen LogP contribution >= 0.6 is 0 Å². The van der Waals surface area contributed by atoms with Gasteiger partial charge in [-0.15, -0.1) is 0 Å². The van der Waals surface area contributed by atoms with Crippen LogP contribution in [0.5, 0.6) is 0 Å². The third-order valence-electron chi connectivity index (χ3n) is 6.11. The van der Waals surface area contributed by atoms with Crippen LogP contribution in [0.15, 0.2) is 60.7 Å². The molecule has 3 rings (SSSR count). The number of benzene rings is 2. The van der Waals surface area contributed by atoms with Gasteiger partial charge in [0.25, 0.3) is 8.32 Å². The lowest BCUT2D eigenvalue weighted by molar-refractivity contribution is -0.159. The minimum Gasteiger partial charge on any atom is -0.479 e. The van der Waals surface area contributed by atoms with Crippen molar-refractivity contribution in [3.8, 4) is 0 Å². The molecule has 1 aliphatic heterocycles. The number of hydrogen-bond donors (Lipinski definition) is 1. The third-order valence-corrected chi connectivity index (χ3v) is 11.1. The first-order chi connectivity index (χ1) is 16.3. The molecule has 2 aromatic carbocycles. The first-order valence-electron chi connectivity index (χ1n) is 11.9. The number of nitrogens with zero attached hydrogens (tertiary/aromatic N) is 1.